The van der Waals surface area contributed by atoms with Gasteiger partial charge in [0.1, 0.15) is 0 Å². The predicted molar refractivity (Wildman–Crippen MR) is 67.5 cm³/mol. The molecule has 1 rings (SSSR count). The number of carbonyl (C=O) groups is 1. The van der Waals surface area contributed by atoms with Gasteiger partial charge in [0.15, 0.2) is 5.78 Å². The zero-order valence-corrected chi connectivity index (χ0v) is 10.9. The molecule has 0 heterocycles. The van der Waals surface area contributed by atoms with Crippen molar-refractivity contribution in [2.45, 2.75) is 19.8 Å². The van der Waals surface area contributed by atoms with Crippen molar-refractivity contribution in [3.05, 3.63) is 45.4 Å². The third-order valence-corrected chi connectivity index (χ3v) is 3.23. The van der Waals surface area contributed by atoms with Gasteiger partial charge in [-0.05, 0) is 47.5 Å². The average molecular weight is 288 g/mol. The molecule has 0 unspecified atom stereocenters. The summed E-state index contributed by atoms with van der Waals surface area (Å²) in [5.41, 5.74) is 1.71. The Hall–Kier alpha value is -0.600. The molecule has 0 aliphatic heterocycles. The van der Waals surface area contributed by atoms with E-state index in [9.17, 15) is 4.79 Å². The SMILES string of the molecule is C=C(C)CCC(=O)c1ccc(Cl)c(Br)c1. The van der Waals surface area contributed by atoms with E-state index in [0.29, 0.717) is 17.0 Å². The highest BCUT2D eigenvalue weighted by atomic mass is 79.9. The monoisotopic (exact) mass is 286 g/mol. The summed E-state index contributed by atoms with van der Waals surface area (Å²) in [6, 6.07) is 5.22. The Bertz CT molecular complexity index is 399. The normalized spacial score (nSPS) is 10.1. The van der Waals surface area contributed by atoms with Crippen LogP contribution in [0, 0.1) is 0 Å². The molecule has 0 N–H and O–H groups in total. The third-order valence-electron chi connectivity index (χ3n) is 2.02. The first-order chi connectivity index (χ1) is 7.00. The highest BCUT2D eigenvalue weighted by Crippen LogP contribution is 2.24. The number of hydrogen-bond donors (Lipinski definition) is 0. The number of benzene rings is 1. The van der Waals surface area contributed by atoms with Crippen molar-refractivity contribution in [3.63, 3.8) is 0 Å². The summed E-state index contributed by atoms with van der Waals surface area (Å²) in [4.78, 5) is 11.7. The molecule has 1 aromatic rings. The lowest BCUT2D eigenvalue weighted by molar-refractivity contribution is 0.0983. The smallest absolute Gasteiger partial charge is 0.163 e. The van der Waals surface area contributed by atoms with Crippen LogP contribution in [0.25, 0.3) is 0 Å². The molecule has 0 aromatic heterocycles. The standard InChI is InChI=1S/C12H12BrClO/c1-8(2)3-6-12(15)9-4-5-11(14)10(13)7-9/h4-5,7H,1,3,6H2,2H3. The Morgan fingerprint density at radius 2 is 2.13 bits per heavy atom. The lowest BCUT2D eigenvalue weighted by atomic mass is 10.0. The van der Waals surface area contributed by atoms with Crippen LogP contribution in [-0.4, -0.2) is 5.78 Å². The average Bonchev–Trinajstić information content (AvgIpc) is 2.18. The summed E-state index contributed by atoms with van der Waals surface area (Å²) in [5.74, 6) is 0.121. The van der Waals surface area contributed by atoms with Gasteiger partial charge >= 0.3 is 0 Å². The molecule has 1 aromatic carbocycles. The maximum absolute atomic E-state index is 11.7. The first kappa shape index (κ1) is 12.5. The van der Waals surface area contributed by atoms with Gasteiger partial charge in [-0.3, -0.25) is 4.79 Å². The molecule has 15 heavy (non-hydrogen) atoms. The van der Waals surface area contributed by atoms with Crippen LogP contribution in [0.3, 0.4) is 0 Å². The zero-order valence-electron chi connectivity index (χ0n) is 8.52. The van der Waals surface area contributed by atoms with E-state index in [2.05, 4.69) is 22.5 Å². The molecule has 80 valence electrons. The van der Waals surface area contributed by atoms with Crippen molar-refractivity contribution in [2.75, 3.05) is 0 Å². The van der Waals surface area contributed by atoms with Crippen LogP contribution >= 0.6 is 27.5 Å². The molecular weight excluding hydrogens is 275 g/mol. The van der Waals surface area contributed by atoms with Crippen molar-refractivity contribution in [2.24, 2.45) is 0 Å². The van der Waals surface area contributed by atoms with Crippen LogP contribution in [0.1, 0.15) is 30.1 Å². The molecule has 3 heteroatoms. The summed E-state index contributed by atoms with van der Waals surface area (Å²) in [6.07, 6.45) is 1.24. The van der Waals surface area contributed by atoms with Gasteiger partial charge in [0, 0.05) is 16.5 Å². The molecule has 0 saturated carbocycles. The Labute approximate surface area is 103 Å². The summed E-state index contributed by atoms with van der Waals surface area (Å²) in [5, 5.41) is 0.617. The van der Waals surface area contributed by atoms with E-state index in [-0.39, 0.29) is 5.78 Å². The van der Waals surface area contributed by atoms with Gasteiger partial charge in [-0.25, -0.2) is 0 Å². The minimum absolute atomic E-state index is 0.121. The second kappa shape index (κ2) is 5.47. The van der Waals surface area contributed by atoms with E-state index in [1.807, 2.05) is 6.92 Å². The van der Waals surface area contributed by atoms with Crippen LogP contribution in [0.15, 0.2) is 34.8 Å². The van der Waals surface area contributed by atoms with E-state index in [4.69, 9.17) is 11.6 Å². The van der Waals surface area contributed by atoms with Gasteiger partial charge in [0.05, 0.1) is 5.02 Å². The van der Waals surface area contributed by atoms with Gasteiger partial charge in [-0.15, -0.1) is 6.58 Å². The highest BCUT2D eigenvalue weighted by Gasteiger charge is 2.07. The quantitative estimate of drug-likeness (QED) is 0.582. The second-order valence-electron chi connectivity index (χ2n) is 3.51. The number of carbonyl (C=O) groups excluding carboxylic acids is 1. The van der Waals surface area contributed by atoms with Crippen LogP contribution in [0.2, 0.25) is 5.02 Å². The molecule has 0 spiro atoms. The largest absolute Gasteiger partial charge is 0.294 e. The van der Waals surface area contributed by atoms with E-state index in [1.54, 1.807) is 18.2 Å². The van der Waals surface area contributed by atoms with Gasteiger partial charge < -0.3 is 0 Å². The lowest BCUT2D eigenvalue weighted by Gasteiger charge is -2.02. The van der Waals surface area contributed by atoms with Crippen LogP contribution in [0.5, 0.6) is 0 Å². The van der Waals surface area contributed by atoms with Gasteiger partial charge in [-0.2, -0.15) is 0 Å². The van der Waals surface area contributed by atoms with Crippen LogP contribution < -0.4 is 0 Å². The van der Waals surface area contributed by atoms with Gasteiger partial charge in [0.25, 0.3) is 0 Å². The fourth-order valence-electron chi connectivity index (χ4n) is 1.14. The number of allylic oxidation sites excluding steroid dienone is 1. The van der Waals surface area contributed by atoms with E-state index < -0.39 is 0 Å². The number of ketones is 1. The third kappa shape index (κ3) is 3.80. The maximum atomic E-state index is 11.7. The topological polar surface area (TPSA) is 17.1 Å². The van der Waals surface area contributed by atoms with Crippen molar-refractivity contribution in [3.8, 4) is 0 Å². The highest BCUT2D eigenvalue weighted by molar-refractivity contribution is 9.10. The first-order valence-electron chi connectivity index (χ1n) is 4.63. The Morgan fingerprint density at radius 3 is 2.67 bits per heavy atom. The Morgan fingerprint density at radius 1 is 1.47 bits per heavy atom. The fraction of sp³-hybridized carbons (Fsp3) is 0.250. The second-order valence-corrected chi connectivity index (χ2v) is 4.77. The van der Waals surface area contributed by atoms with Crippen molar-refractivity contribution < 1.29 is 4.79 Å². The molecule has 0 bridgehead atoms. The number of hydrogen-bond acceptors (Lipinski definition) is 1. The molecule has 0 fully saturated rings. The first-order valence-corrected chi connectivity index (χ1v) is 5.80. The van der Waals surface area contributed by atoms with Crippen molar-refractivity contribution in [1.29, 1.82) is 0 Å². The molecule has 0 aliphatic rings. The van der Waals surface area contributed by atoms with E-state index in [0.717, 1.165) is 16.5 Å². The minimum atomic E-state index is 0.121. The molecule has 0 aliphatic carbocycles. The van der Waals surface area contributed by atoms with Crippen molar-refractivity contribution in [1.82, 2.24) is 0 Å². The van der Waals surface area contributed by atoms with Gasteiger partial charge in [-0.1, -0.05) is 17.2 Å². The molecule has 0 saturated heterocycles. The van der Waals surface area contributed by atoms with Crippen molar-refractivity contribution >= 4 is 33.3 Å². The zero-order chi connectivity index (χ0) is 11.4. The minimum Gasteiger partial charge on any atom is -0.294 e. The number of Topliss-reactive ketones (excluding diaryl/α,β-unsaturated/α-hetero) is 1. The van der Waals surface area contributed by atoms with Crippen LogP contribution in [-0.2, 0) is 0 Å². The number of halogens is 2. The molecular formula is C12H12BrClO. The summed E-state index contributed by atoms with van der Waals surface area (Å²) in [7, 11) is 0. The van der Waals surface area contributed by atoms with Crippen LogP contribution in [0.4, 0.5) is 0 Å². The summed E-state index contributed by atoms with van der Waals surface area (Å²) in [6.45, 7) is 5.69. The molecule has 0 amide bonds. The summed E-state index contributed by atoms with van der Waals surface area (Å²) >= 11 is 9.13. The summed E-state index contributed by atoms with van der Waals surface area (Å²) < 4.78 is 0.755. The Kier molecular flexibility index (Phi) is 4.55. The molecule has 0 radical (unpaired) electrons. The number of rotatable bonds is 4. The molecule has 0 atom stereocenters. The van der Waals surface area contributed by atoms with Gasteiger partial charge in [0.2, 0.25) is 0 Å². The fourth-order valence-corrected chi connectivity index (χ4v) is 1.64. The predicted octanol–water partition coefficient (Wildman–Crippen LogP) is 4.64. The Balaban J connectivity index is 2.74. The lowest BCUT2D eigenvalue weighted by Crippen LogP contribution is -1.98. The van der Waals surface area contributed by atoms with E-state index >= 15 is 0 Å². The maximum Gasteiger partial charge on any atom is 0.163 e. The van der Waals surface area contributed by atoms with E-state index in [1.165, 1.54) is 0 Å². The molecule has 1 nitrogen and oxygen atoms in total.